The number of nitro benzene ring substituents is 1. The van der Waals surface area contributed by atoms with Gasteiger partial charge in [-0.15, -0.1) is 0 Å². The van der Waals surface area contributed by atoms with E-state index in [4.69, 9.17) is 11.6 Å². The molecule has 0 atom stereocenters. The lowest BCUT2D eigenvalue weighted by Crippen LogP contribution is -2.13. The van der Waals surface area contributed by atoms with E-state index in [0.717, 1.165) is 18.5 Å². The molecule has 0 fully saturated rings. The SMILES string of the molecule is CCc1ccc(CNCc2ccc([N+](=O)[O-])cc2Cl)cc1. The Hall–Kier alpha value is -1.91. The summed E-state index contributed by atoms with van der Waals surface area (Å²) in [5.74, 6) is 0. The zero-order valence-corrected chi connectivity index (χ0v) is 12.6. The van der Waals surface area contributed by atoms with Crippen LogP contribution in [0.4, 0.5) is 5.69 Å². The molecule has 0 aliphatic rings. The number of aryl methyl sites for hydroxylation is 1. The molecule has 2 rings (SSSR count). The Bertz CT molecular complexity index is 627. The Morgan fingerprint density at radius 1 is 1.10 bits per heavy atom. The van der Waals surface area contributed by atoms with E-state index in [1.807, 2.05) is 0 Å². The zero-order chi connectivity index (χ0) is 15.2. The molecule has 0 aromatic heterocycles. The van der Waals surface area contributed by atoms with Gasteiger partial charge in [-0.1, -0.05) is 42.8 Å². The van der Waals surface area contributed by atoms with Crippen molar-refractivity contribution in [3.05, 3.63) is 74.3 Å². The highest BCUT2D eigenvalue weighted by molar-refractivity contribution is 6.31. The highest BCUT2D eigenvalue weighted by Crippen LogP contribution is 2.22. The molecule has 21 heavy (non-hydrogen) atoms. The molecule has 0 spiro atoms. The molecule has 1 N–H and O–H groups in total. The molecule has 4 nitrogen and oxygen atoms in total. The van der Waals surface area contributed by atoms with Crippen LogP contribution in [-0.2, 0) is 19.5 Å². The highest BCUT2D eigenvalue weighted by atomic mass is 35.5. The molecule has 0 radical (unpaired) electrons. The van der Waals surface area contributed by atoms with Crippen molar-refractivity contribution < 1.29 is 4.92 Å². The van der Waals surface area contributed by atoms with Crippen molar-refractivity contribution >= 4 is 17.3 Å². The molecule has 0 amide bonds. The van der Waals surface area contributed by atoms with Crippen molar-refractivity contribution in [2.24, 2.45) is 0 Å². The predicted octanol–water partition coefficient (Wildman–Crippen LogP) is 4.10. The lowest BCUT2D eigenvalue weighted by molar-refractivity contribution is -0.384. The molecule has 5 heteroatoms. The average Bonchev–Trinajstić information content (AvgIpc) is 2.49. The lowest BCUT2D eigenvalue weighted by Gasteiger charge is -2.07. The number of hydrogen-bond acceptors (Lipinski definition) is 3. The maximum atomic E-state index is 10.6. The van der Waals surface area contributed by atoms with Gasteiger partial charge in [0.15, 0.2) is 0 Å². The number of nitrogens with one attached hydrogen (secondary N) is 1. The minimum absolute atomic E-state index is 0.0129. The Balaban J connectivity index is 1.92. The Kier molecular flexibility index (Phi) is 5.31. The smallest absolute Gasteiger partial charge is 0.270 e. The number of rotatable bonds is 6. The third-order valence-corrected chi connectivity index (χ3v) is 3.68. The predicted molar refractivity (Wildman–Crippen MR) is 84.5 cm³/mol. The summed E-state index contributed by atoms with van der Waals surface area (Å²) >= 11 is 6.05. The summed E-state index contributed by atoms with van der Waals surface area (Å²) in [4.78, 5) is 10.2. The first-order valence-electron chi connectivity index (χ1n) is 6.81. The second kappa shape index (κ2) is 7.20. The Labute approximate surface area is 128 Å². The van der Waals surface area contributed by atoms with E-state index in [2.05, 4.69) is 36.5 Å². The van der Waals surface area contributed by atoms with Crippen LogP contribution >= 0.6 is 11.6 Å². The molecule has 2 aromatic rings. The second-order valence-electron chi connectivity index (χ2n) is 4.81. The van der Waals surface area contributed by atoms with E-state index in [1.54, 1.807) is 6.07 Å². The minimum atomic E-state index is -0.446. The fourth-order valence-corrected chi connectivity index (χ4v) is 2.27. The van der Waals surface area contributed by atoms with Crippen molar-refractivity contribution in [3.8, 4) is 0 Å². The monoisotopic (exact) mass is 304 g/mol. The van der Waals surface area contributed by atoms with Gasteiger partial charge in [0, 0.05) is 25.2 Å². The molecule has 0 heterocycles. The van der Waals surface area contributed by atoms with Gasteiger partial charge >= 0.3 is 0 Å². The van der Waals surface area contributed by atoms with Crippen LogP contribution in [-0.4, -0.2) is 4.92 Å². The number of nitrogens with zero attached hydrogens (tertiary/aromatic N) is 1. The van der Waals surface area contributed by atoms with Crippen molar-refractivity contribution in [1.29, 1.82) is 0 Å². The summed E-state index contributed by atoms with van der Waals surface area (Å²) in [6.07, 6.45) is 1.03. The third kappa shape index (κ3) is 4.28. The van der Waals surface area contributed by atoms with Crippen molar-refractivity contribution in [2.75, 3.05) is 0 Å². The molecule has 0 saturated heterocycles. The van der Waals surface area contributed by atoms with Crippen LogP contribution in [0.25, 0.3) is 0 Å². The molecule has 0 aliphatic carbocycles. The fourth-order valence-electron chi connectivity index (χ4n) is 2.03. The lowest BCUT2D eigenvalue weighted by atomic mass is 10.1. The van der Waals surface area contributed by atoms with Crippen LogP contribution in [0.15, 0.2) is 42.5 Å². The normalized spacial score (nSPS) is 10.6. The number of non-ortho nitro benzene ring substituents is 1. The fraction of sp³-hybridized carbons (Fsp3) is 0.250. The van der Waals surface area contributed by atoms with Crippen LogP contribution in [0.1, 0.15) is 23.6 Å². The van der Waals surface area contributed by atoms with E-state index in [0.29, 0.717) is 11.6 Å². The molecule has 0 saturated carbocycles. The molecule has 2 aromatic carbocycles. The van der Waals surface area contributed by atoms with Crippen LogP contribution < -0.4 is 5.32 Å². The zero-order valence-electron chi connectivity index (χ0n) is 11.8. The molecule has 110 valence electrons. The van der Waals surface area contributed by atoms with Crippen LogP contribution in [0, 0.1) is 10.1 Å². The first-order chi connectivity index (χ1) is 10.1. The van der Waals surface area contributed by atoms with Crippen molar-refractivity contribution in [1.82, 2.24) is 5.32 Å². The minimum Gasteiger partial charge on any atom is -0.309 e. The van der Waals surface area contributed by atoms with E-state index < -0.39 is 4.92 Å². The van der Waals surface area contributed by atoms with Gasteiger partial charge in [0.2, 0.25) is 0 Å². The average molecular weight is 305 g/mol. The van der Waals surface area contributed by atoms with E-state index in [9.17, 15) is 10.1 Å². The first kappa shape index (κ1) is 15.5. The van der Waals surface area contributed by atoms with E-state index >= 15 is 0 Å². The molecular formula is C16H17ClN2O2. The van der Waals surface area contributed by atoms with Gasteiger partial charge in [-0.2, -0.15) is 0 Å². The summed E-state index contributed by atoms with van der Waals surface area (Å²) in [6.45, 7) is 3.44. The van der Waals surface area contributed by atoms with Gasteiger partial charge in [0.05, 0.1) is 9.95 Å². The summed E-state index contributed by atoms with van der Waals surface area (Å²) in [5.41, 5.74) is 3.38. The summed E-state index contributed by atoms with van der Waals surface area (Å²) in [5, 5.41) is 14.4. The quantitative estimate of drug-likeness (QED) is 0.645. The first-order valence-corrected chi connectivity index (χ1v) is 7.19. The summed E-state index contributed by atoms with van der Waals surface area (Å²) < 4.78 is 0. The van der Waals surface area contributed by atoms with Gasteiger partial charge < -0.3 is 5.32 Å². The number of hydrogen-bond donors (Lipinski definition) is 1. The molecule has 0 unspecified atom stereocenters. The van der Waals surface area contributed by atoms with E-state index in [1.165, 1.54) is 23.3 Å². The van der Waals surface area contributed by atoms with Crippen LogP contribution in [0.5, 0.6) is 0 Å². The number of nitro groups is 1. The van der Waals surface area contributed by atoms with Gasteiger partial charge in [-0.05, 0) is 29.2 Å². The Morgan fingerprint density at radius 3 is 2.33 bits per heavy atom. The molecule has 0 aliphatic heterocycles. The second-order valence-corrected chi connectivity index (χ2v) is 5.21. The summed E-state index contributed by atoms with van der Waals surface area (Å²) in [7, 11) is 0. The topological polar surface area (TPSA) is 55.2 Å². The Morgan fingerprint density at radius 2 is 1.76 bits per heavy atom. The maximum Gasteiger partial charge on any atom is 0.270 e. The standard InChI is InChI=1S/C16H17ClN2O2/c1-2-12-3-5-13(6-4-12)10-18-11-14-7-8-15(19(20)21)9-16(14)17/h3-9,18H,2,10-11H2,1H3. The number of benzene rings is 2. The van der Waals surface area contributed by atoms with Crippen LogP contribution in [0.2, 0.25) is 5.02 Å². The van der Waals surface area contributed by atoms with Gasteiger partial charge in [0.25, 0.3) is 5.69 Å². The summed E-state index contributed by atoms with van der Waals surface area (Å²) in [6, 6.07) is 13.0. The van der Waals surface area contributed by atoms with Crippen molar-refractivity contribution in [3.63, 3.8) is 0 Å². The third-order valence-electron chi connectivity index (χ3n) is 3.32. The van der Waals surface area contributed by atoms with Gasteiger partial charge in [0.1, 0.15) is 0 Å². The highest BCUT2D eigenvalue weighted by Gasteiger charge is 2.08. The molecule has 0 bridgehead atoms. The van der Waals surface area contributed by atoms with Crippen LogP contribution in [0.3, 0.4) is 0 Å². The largest absolute Gasteiger partial charge is 0.309 e. The number of halogens is 1. The molecular weight excluding hydrogens is 288 g/mol. The van der Waals surface area contributed by atoms with Gasteiger partial charge in [-0.3, -0.25) is 10.1 Å². The van der Waals surface area contributed by atoms with E-state index in [-0.39, 0.29) is 5.69 Å². The maximum absolute atomic E-state index is 10.6. The van der Waals surface area contributed by atoms with Gasteiger partial charge in [-0.25, -0.2) is 0 Å². The van der Waals surface area contributed by atoms with Crippen molar-refractivity contribution in [2.45, 2.75) is 26.4 Å².